The summed E-state index contributed by atoms with van der Waals surface area (Å²) < 4.78 is 47.4. The van der Waals surface area contributed by atoms with Gasteiger partial charge in [0.05, 0.1) is 0 Å². The van der Waals surface area contributed by atoms with E-state index in [9.17, 15) is 27.2 Å². The van der Waals surface area contributed by atoms with E-state index >= 15 is 0 Å². The molecule has 0 aliphatic heterocycles. The monoisotopic (exact) mass is 236 g/mol. The molecule has 10 heteroatoms. The predicted octanol–water partition coefficient (Wildman–Crippen LogP) is -0.335. The number of carbonyl (C=O) groups is 2. The minimum Gasteiger partial charge on any atom is -0.477 e. The van der Waals surface area contributed by atoms with Crippen molar-refractivity contribution < 1.29 is 37.4 Å². The molecule has 72 valence electrons. The molecule has 0 saturated carbocycles. The number of aliphatic carboxylic acids is 2. The van der Waals surface area contributed by atoms with Gasteiger partial charge in [-0.1, -0.05) is 0 Å². The second-order valence-electron chi connectivity index (χ2n) is 1.76. The quantitative estimate of drug-likeness (QED) is 0.519. The SMILES string of the molecule is O=C(O)C(F)(F)C(F)(F)C(=O)O.[Na].[Na]. The average molecular weight is 236 g/mol. The molecule has 0 fully saturated rings. The molecular weight excluding hydrogens is 234 g/mol. The second-order valence-corrected chi connectivity index (χ2v) is 1.76. The molecule has 2 radical (unpaired) electrons. The van der Waals surface area contributed by atoms with Crippen LogP contribution < -0.4 is 0 Å². The molecule has 4 nitrogen and oxygen atoms in total. The number of hydrogen-bond donors (Lipinski definition) is 2. The zero-order valence-electron chi connectivity index (χ0n) is 7.22. The van der Waals surface area contributed by atoms with Crippen LogP contribution in [0.4, 0.5) is 17.6 Å². The van der Waals surface area contributed by atoms with Gasteiger partial charge in [-0.15, -0.1) is 0 Å². The maximum absolute atomic E-state index is 11.8. The summed E-state index contributed by atoms with van der Waals surface area (Å²) in [5.74, 6) is -17.6. The molecule has 14 heavy (non-hydrogen) atoms. The smallest absolute Gasteiger partial charge is 0.415 e. The van der Waals surface area contributed by atoms with Crippen molar-refractivity contribution in [2.24, 2.45) is 0 Å². The van der Waals surface area contributed by atoms with Crippen LogP contribution >= 0.6 is 0 Å². The minimum absolute atomic E-state index is 0. The Morgan fingerprint density at radius 3 is 1.00 bits per heavy atom. The number of alkyl halides is 4. The molecule has 0 aromatic carbocycles. The van der Waals surface area contributed by atoms with Gasteiger partial charge in [0, 0.05) is 59.1 Å². The van der Waals surface area contributed by atoms with Gasteiger partial charge in [-0.05, 0) is 0 Å². The van der Waals surface area contributed by atoms with Gasteiger partial charge < -0.3 is 10.2 Å². The van der Waals surface area contributed by atoms with Gasteiger partial charge in [-0.2, -0.15) is 17.6 Å². The number of halogens is 4. The fourth-order valence-electron chi connectivity index (χ4n) is 0.269. The number of carboxylic acid groups (broad SMARTS) is 2. The summed E-state index contributed by atoms with van der Waals surface area (Å²) in [4.78, 5) is 19.0. The summed E-state index contributed by atoms with van der Waals surface area (Å²) >= 11 is 0. The maximum Gasteiger partial charge on any atom is 0.415 e. The van der Waals surface area contributed by atoms with Crippen molar-refractivity contribution in [3.8, 4) is 0 Å². The summed E-state index contributed by atoms with van der Waals surface area (Å²) in [6, 6.07) is 0. The van der Waals surface area contributed by atoms with Crippen molar-refractivity contribution >= 4 is 71.1 Å². The summed E-state index contributed by atoms with van der Waals surface area (Å²) in [5, 5.41) is 15.1. The number of carboxylic acids is 2. The maximum atomic E-state index is 11.8. The molecular formula is C4H2F4Na2O4. The molecule has 0 saturated heterocycles. The topological polar surface area (TPSA) is 74.6 Å². The third-order valence-electron chi connectivity index (χ3n) is 0.932. The van der Waals surface area contributed by atoms with Crippen LogP contribution in [-0.4, -0.2) is 93.1 Å². The zero-order chi connectivity index (χ0) is 10.2. The summed E-state index contributed by atoms with van der Waals surface area (Å²) in [6.07, 6.45) is 0. The third-order valence-corrected chi connectivity index (χ3v) is 0.932. The molecule has 0 unspecified atom stereocenters. The average Bonchev–Trinajstić information content (AvgIpc) is 1.86. The van der Waals surface area contributed by atoms with E-state index in [1.54, 1.807) is 0 Å². The Balaban J connectivity index is -0.000000605. The van der Waals surface area contributed by atoms with E-state index in [1.165, 1.54) is 0 Å². The van der Waals surface area contributed by atoms with E-state index in [-0.39, 0.29) is 59.1 Å². The van der Waals surface area contributed by atoms with Crippen molar-refractivity contribution in [1.29, 1.82) is 0 Å². The Bertz CT molecular complexity index is 207. The molecule has 0 aliphatic rings. The van der Waals surface area contributed by atoms with Crippen LogP contribution in [0, 0.1) is 0 Å². The van der Waals surface area contributed by atoms with Crippen LogP contribution in [0.5, 0.6) is 0 Å². The summed E-state index contributed by atoms with van der Waals surface area (Å²) in [6.45, 7) is 0. The molecule has 0 bridgehead atoms. The number of rotatable bonds is 3. The van der Waals surface area contributed by atoms with Crippen molar-refractivity contribution in [3.05, 3.63) is 0 Å². The van der Waals surface area contributed by atoms with E-state index in [0.29, 0.717) is 0 Å². The van der Waals surface area contributed by atoms with Crippen LogP contribution in [0.3, 0.4) is 0 Å². The molecule has 0 aliphatic carbocycles. The first-order valence-corrected chi connectivity index (χ1v) is 2.36. The fourth-order valence-corrected chi connectivity index (χ4v) is 0.269. The molecule has 0 rings (SSSR count). The standard InChI is InChI=1S/C4H2F4O4.2Na/c5-3(6,1(9)10)4(7,8)2(11)12;;/h(H,9,10)(H,11,12);;. The Morgan fingerprint density at radius 2 is 0.929 bits per heavy atom. The zero-order valence-corrected chi connectivity index (χ0v) is 11.2. The van der Waals surface area contributed by atoms with Crippen molar-refractivity contribution in [1.82, 2.24) is 0 Å². The first-order valence-electron chi connectivity index (χ1n) is 2.36. The van der Waals surface area contributed by atoms with Crippen LogP contribution in [0.1, 0.15) is 0 Å². The second kappa shape index (κ2) is 6.29. The van der Waals surface area contributed by atoms with Gasteiger partial charge >= 0.3 is 23.8 Å². The molecule has 2 N–H and O–H groups in total. The molecule has 0 aromatic rings. The number of hydrogen-bond acceptors (Lipinski definition) is 2. The first-order chi connectivity index (χ1) is 5.14. The van der Waals surface area contributed by atoms with Crippen LogP contribution in [0.25, 0.3) is 0 Å². The van der Waals surface area contributed by atoms with Gasteiger partial charge in [0.25, 0.3) is 0 Å². The first kappa shape index (κ1) is 20.1. The van der Waals surface area contributed by atoms with Gasteiger partial charge in [0.2, 0.25) is 0 Å². The Kier molecular flexibility index (Phi) is 9.04. The largest absolute Gasteiger partial charge is 0.477 e. The van der Waals surface area contributed by atoms with Gasteiger partial charge in [0.15, 0.2) is 0 Å². The van der Waals surface area contributed by atoms with E-state index in [0.717, 1.165) is 0 Å². The van der Waals surface area contributed by atoms with Gasteiger partial charge in [-0.3, -0.25) is 0 Å². The van der Waals surface area contributed by atoms with Crippen molar-refractivity contribution in [3.63, 3.8) is 0 Å². The Labute approximate surface area is 119 Å². The van der Waals surface area contributed by atoms with Gasteiger partial charge in [0.1, 0.15) is 0 Å². The fraction of sp³-hybridized carbons (Fsp3) is 0.500. The molecule has 0 atom stereocenters. The Morgan fingerprint density at radius 1 is 0.786 bits per heavy atom. The van der Waals surface area contributed by atoms with Crippen LogP contribution in [0.2, 0.25) is 0 Å². The minimum atomic E-state index is -5.60. The Hall–Kier alpha value is 0.660. The predicted molar refractivity (Wildman–Crippen MR) is 36.7 cm³/mol. The molecule has 0 aromatic heterocycles. The van der Waals surface area contributed by atoms with E-state index in [4.69, 9.17) is 10.2 Å². The van der Waals surface area contributed by atoms with E-state index in [2.05, 4.69) is 0 Å². The van der Waals surface area contributed by atoms with E-state index in [1.807, 2.05) is 0 Å². The molecule has 0 spiro atoms. The summed E-state index contributed by atoms with van der Waals surface area (Å²) in [5.41, 5.74) is 0. The summed E-state index contributed by atoms with van der Waals surface area (Å²) in [7, 11) is 0. The normalized spacial score (nSPS) is 10.9. The van der Waals surface area contributed by atoms with Crippen LogP contribution in [-0.2, 0) is 9.59 Å². The van der Waals surface area contributed by atoms with Crippen LogP contribution in [0.15, 0.2) is 0 Å². The third kappa shape index (κ3) is 3.67. The van der Waals surface area contributed by atoms with E-state index < -0.39 is 23.8 Å². The van der Waals surface area contributed by atoms with Crippen molar-refractivity contribution in [2.75, 3.05) is 0 Å². The molecule has 0 heterocycles. The molecule has 0 amide bonds. The van der Waals surface area contributed by atoms with Crippen molar-refractivity contribution in [2.45, 2.75) is 11.8 Å². The van der Waals surface area contributed by atoms with Gasteiger partial charge in [-0.25, -0.2) is 9.59 Å².